The zero-order chi connectivity index (χ0) is 26.0. The molecule has 0 unspecified atom stereocenters. The second-order valence-corrected chi connectivity index (χ2v) is 11.5. The van der Waals surface area contributed by atoms with E-state index in [2.05, 4.69) is 5.16 Å². The molecule has 38 heavy (non-hydrogen) atoms. The van der Waals surface area contributed by atoms with Crippen molar-refractivity contribution in [1.82, 2.24) is 5.16 Å². The Balaban J connectivity index is 1.21. The predicted octanol–water partition coefficient (Wildman–Crippen LogP) is 7.41. The Labute approximate surface area is 231 Å². The molecule has 0 N–H and O–H groups in total. The summed E-state index contributed by atoms with van der Waals surface area (Å²) in [6, 6.07) is 12.8. The largest absolute Gasteiger partial charge is 0.489 e. The van der Waals surface area contributed by atoms with Crippen LogP contribution in [0.4, 0.5) is 10.7 Å². The molecule has 0 bridgehead atoms. The molecule has 0 saturated heterocycles. The minimum absolute atomic E-state index is 0.0369. The van der Waals surface area contributed by atoms with Gasteiger partial charge in [0.15, 0.2) is 0 Å². The summed E-state index contributed by atoms with van der Waals surface area (Å²) in [5.74, 6) is 2.23. The molecule has 1 spiro atoms. The van der Waals surface area contributed by atoms with Crippen molar-refractivity contribution in [3.05, 3.63) is 74.8 Å². The Bertz CT molecular complexity index is 1580. The molecule has 4 aromatic rings. The number of hydrogen-bond donors (Lipinski definition) is 0. The summed E-state index contributed by atoms with van der Waals surface area (Å²) in [5, 5.41) is 7.76. The monoisotopic (exact) mass is 566 g/mol. The van der Waals surface area contributed by atoms with Crippen LogP contribution >= 0.6 is 34.5 Å². The number of carbonyl (C=O) groups excluding carboxylic acids is 2. The van der Waals surface area contributed by atoms with Crippen molar-refractivity contribution in [3.8, 4) is 22.8 Å². The van der Waals surface area contributed by atoms with Crippen LogP contribution in [-0.4, -0.2) is 17.5 Å². The minimum atomic E-state index is -0.531. The third-order valence-electron chi connectivity index (χ3n) is 7.40. The highest BCUT2D eigenvalue weighted by atomic mass is 35.5. The van der Waals surface area contributed by atoms with Gasteiger partial charge in [-0.15, -0.1) is 11.3 Å². The average molecular weight is 567 g/mol. The van der Waals surface area contributed by atoms with Crippen LogP contribution in [0.15, 0.2) is 52.4 Å². The summed E-state index contributed by atoms with van der Waals surface area (Å²) < 4.78 is 17.0. The number of halogens is 2. The van der Waals surface area contributed by atoms with Crippen molar-refractivity contribution < 1.29 is 23.6 Å². The van der Waals surface area contributed by atoms with Crippen molar-refractivity contribution in [3.63, 3.8) is 0 Å². The van der Waals surface area contributed by atoms with Gasteiger partial charge in [0.1, 0.15) is 34.6 Å². The van der Waals surface area contributed by atoms with Gasteiger partial charge in [0.05, 0.1) is 26.7 Å². The second-order valence-electron chi connectivity index (χ2n) is 9.77. The number of benzene rings is 2. The number of hydrogen-bond acceptors (Lipinski definition) is 7. The Hall–Kier alpha value is -3.33. The molecule has 3 heterocycles. The van der Waals surface area contributed by atoms with E-state index in [9.17, 15) is 9.59 Å². The van der Waals surface area contributed by atoms with Crippen LogP contribution in [0.5, 0.6) is 11.5 Å². The van der Waals surface area contributed by atoms with E-state index in [1.807, 2.05) is 18.2 Å². The van der Waals surface area contributed by atoms with Gasteiger partial charge in [-0.25, -0.2) is 0 Å². The lowest BCUT2D eigenvalue weighted by molar-refractivity contribution is -0.121. The van der Waals surface area contributed by atoms with Gasteiger partial charge in [0.2, 0.25) is 5.91 Å². The maximum atomic E-state index is 13.5. The smallest absolute Gasteiger partial charge is 0.298 e. The van der Waals surface area contributed by atoms with Gasteiger partial charge in [-0.2, -0.15) is 0 Å². The number of fused-ring (bicyclic) bond motifs is 2. The summed E-state index contributed by atoms with van der Waals surface area (Å²) in [5.41, 5.74) is 3.31. The van der Waals surface area contributed by atoms with E-state index in [4.69, 9.17) is 37.2 Å². The zero-order valence-electron chi connectivity index (χ0n) is 19.9. The summed E-state index contributed by atoms with van der Waals surface area (Å²) in [6.07, 6.45) is 3.65. The molecule has 1 amide bonds. The first-order valence-electron chi connectivity index (χ1n) is 12.2. The maximum absolute atomic E-state index is 13.5. The van der Waals surface area contributed by atoms with E-state index in [1.54, 1.807) is 34.5 Å². The number of carbonyl (C=O) groups is 2. The number of anilines is 2. The Kier molecular flexibility index (Phi) is 5.54. The number of aromatic nitrogens is 1. The molecule has 7 rings (SSSR count). The van der Waals surface area contributed by atoms with Crippen LogP contribution in [0, 0.1) is 0 Å². The minimum Gasteiger partial charge on any atom is -0.489 e. The van der Waals surface area contributed by atoms with E-state index in [0.717, 1.165) is 48.3 Å². The van der Waals surface area contributed by atoms with Gasteiger partial charge in [0, 0.05) is 22.9 Å². The van der Waals surface area contributed by atoms with E-state index >= 15 is 0 Å². The van der Waals surface area contributed by atoms with E-state index in [1.165, 1.54) is 11.3 Å². The van der Waals surface area contributed by atoms with Crippen LogP contribution in [0.2, 0.25) is 10.0 Å². The highest BCUT2D eigenvalue weighted by molar-refractivity contribution is 7.14. The molecule has 2 aliphatic carbocycles. The number of nitrogens with zero attached hydrogens (tertiary/aromatic N) is 2. The van der Waals surface area contributed by atoms with Gasteiger partial charge in [-0.05, 0) is 61.6 Å². The molecule has 10 heteroatoms. The number of rotatable bonds is 8. The summed E-state index contributed by atoms with van der Waals surface area (Å²) in [6.45, 7) is 0.611. The third kappa shape index (κ3) is 3.73. The lowest BCUT2D eigenvalue weighted by Crippen LogP contribution is -2.27. The molecular weight excluding hydrogens is 547 g/mol. The van der Waals surface area contributed by atoms with Crippen molar-refractivity contribution in [2.24, 2.45) is 0 Å². The normalized spacial score (nSPS) is 17.1. The Morgan fingerprint density at radius 1 is 1.13 bits per heavy atom. The molecule has 3 aliphatic rings. The van der Waals surface area contributed by atoms with Crippen LogP contribution in [-0.2, 0) is 21.6 Å². The van der Waals surface area contributed by atoms with Crippen LogP contribution in [0.3, 0.4) is 0 Å². The Morgan fingerprint density at radius 2 is 1.92 bits per heavy atom. The molecule has 7 nitrogen and oxygen atoms in total. The average Bonchev–Trinajstić information content (AvgIpc) is 3.81. The van der Waals surface area contributed by atoms with E-state index in [-0.39, 0.29) is 12.5 Å². The van der Waals surface area contributed by atoms with Crippen molar-refractivity contribution >= 4 is 57.6 Å². The van der Waals surface area contributed by atoms with E-state index < -0.39 is 5.41 Å². The van der Waals surface area contributed by atoms with Crippen LogP contribution < -0.4 is 14.4 Å². The number of ether oxygens (including phenoxy) is 2. The summed E-state index contributed by atoms with van der Waals surface area (Å²) in [7, 11) is 0. The zero-order valence-corrected chi connectivity index (χ0v) is 22.2. The molecule has 1 aliphatic heterocycles. The predicted molar refractivity (Wildman–Crippen MR) is 144 cm³/mol. The van der Waals surface area contributed by atoms with Crippen LogP contribution in [0.25, 0.3) is 11.3 Å². The fourth-order valence-electron chi connectivity index (χ4n) is 5.20. The molecule has 0 atom stereocenters. The molecular formula is C28H20Cl2N2O5S. The van der Waals surface area contributed by atoms with E-state index in [0.29, 0.717) is 50.2 Å². The maximum Gasteiger partial charge on any atom is 0.298 e. The molecule has 2 fully saturated rings. The quantitative estimate of drug-likeness (QED) is 0.206. The highest BCUT2D eigenvalue weighted by Gasteiger charge is 2.60. The van der Waals surface area contributed by atoms with Crippen molar-refractivity contribution in [2.45, 2.75) is 43.6 Å². The molecule has 2 saturated carbocycles. The van der Waals surface area contributed by atoms with Gasteiger partial charge in [0.25, 0.3) is 6.47 Å². The first-order chi connectivity index (χ1) is 18.5. The second kappa shape index (κ2) is 8.86. The van der Waals surface area contributed by atoms with Gasteiger partial charge >= 0.3 is 0 Å². The van der Waals surface area contributed by atoms with Crippen LogP contribution in [0.1, 0.15) is 48.5 Å². The first-order valence-corrected chi connectivity index (χ1v) is 13.9. The SMILES string of the molecule is O=COc1csc(N2C(=O)C3(CC3)c3cc(OCc4c(-c5c(Cl)cccc5Cl)noc4C4CC4)ccc32)c1. The lowest BCUT2D eigenvalue weighted by atomic mass is 9.98. The summed E-state index contributed by atoms with van der Waals surface area (Å²) >= 11 is 14.3. The summed E-state index contributed by atoms with van der Waals surface area (Å²) in [4.78, 5) is 25.9. The van der Waals surface area contributed by atoms with Gasteiger partial charge < -0.3 is 14.0 Å². The van der Waals surface area contributed by atoms with Crippen molar-refractivity contribution in [1.29, 1.82) is 0 Å². The van der Waals surface area contributed by atoms with Gasteiger partial charge in [-0.1, -0.05) is 34.4 Å². The highest BCUT2D eigenvalue weighted by Crippen LogP contribution is 2.60. The van der Waals surface area contributed by atoms with Gasteiger partial charge in [-0.3, -0.25) is 14.5 Å². The Morgan fingerprint density at radius 3 is 2.63 bits per heavy atom. The molecule has 2 aromatic carbocycles. The molecule has 192 valence electrons. The molecule has 2 aromatic heterocycles. The third-order valence-corrected chi connectivity index (χ3v) is 8.92. The topological polar surface area (TPSA) is 81.9 Å². The standard InChI is InChI=1S/C28H20Cl2N2O5S/c29-20-2-1-3-21(30)24(20)25-18(26(37-31-25)15-4-5-15)12-35-16-6-7-22-19(10-16)28(8-9-28)27(34)32(22)23-11-17(13-38-23)36-14-33/h1-3,6-7,10-11,13-15H,4-5,8-9,12H2. The molecule has 0 radical (unpaired) electrons. The van der Waals surface area contributed by atoms with Crippen molar-refractivity contribution in [2.75, 3.05) is 4.90 Å². The first kappa shape index (κ1) is 23.8. The fourth-order valence-corrected chi connectivity index (χ4v) is 6.60. The fraction of sp³-hybridized carbons (Fsp3) is 0.250. The number of thiophene rings is 1. The number of amides is 1. The lowest BCUT2D eigenvalue weighted by Gasteiger charge is -2.15.